The molecule has 2 saturated carbocycles. The lowest BCUT2D eigenvalue weighted by molar-refractivity contribution is -0.143. The maximum Gasteiger partial charge on any atom is 0.334 e. The highest BCUT2D eigenvalue weighted by Gasteiger charge is 2.63. The van der Waals surface area contributed by atoms with Crippen molar-refractivity contribution in [3.05, 3.63) is 12.2 Å². The minimum absolute atomic E-state index is 0.0195. The van der Waals surface area contributed by atoms with E-state index in [0.29, 0.717) is 11.5 Å². The predicted octanol–water partition coefficient (Wildman–Crippen LogP) is 1.28. The van der Waals surface area contributed by atoms with E-state index in [4.69, 9.17) is 9.47 Å². The predicted molar refractivity (Wildman–Crippen MR) is 67.2 cm³/mol. The molecule has 0 aromatic heterocycles. The van der Waals surface area contributed by atoms with Gasteiger partial charge in [0.15, 0.2) is 0 Å². The van der Waals surface area contributed by atoms with Gasteiger partial charge in [0.2, 0.25) is 0 Å². The summed E-state index contributed by atoms with van der Waals surface area (Å²) >= 11 is 0. The summed E-state index contributed by atoms with van der Waals surface area (Å²) in [6.45, 7) is 4.94. The van der Waals surface area contributed by atoms with Crippen molar-refractivity contribution in [2.24, 2.45) is 23.7 Å². The van der Waals surface area contributed by atoms with Gasteiger partial charge in [0.05, 0.1) is 12.2 Å². The molecule has 4 aliphatic rings. The molecule has 2 aliphatic carbocycles. The van der Waals surface area contributed by atoms with Crippen LogP contribution in [0.5, 0.6) is 0 Å². The normalized spacial score (nSPS) is 51.7. The number of rotatable bonds is 1. The molecule has 0 unspecified atom stereocenters. The highest BCUT2D eigenvalue weighted by Crippen LogP contribution is 2.59. The molecule has 0 bridgehead atoms. The van der Waals surface area contributed by atoms with E-state index in [9.17, 15) is 9.90 Å². The van der Waals surface area contributed by atoms with Crippen molar-refractivity contribution in [2.45, 2.75) is 37.4 Å². The topological polar surface area (TPSA) is 59.1 Å². The molecule has 4 heteroatoms. The van der Waals surface area contributed by atoms with Crippen molar-refractivity contribution in [2.75, 3.05) is 13.2 Å². The lowest BCUT2D eigenvalue weighted by Gasteiger charge is -2.30. The molecule has 6 atom stereocenters. The van der Waals surface area contributed by atoms with E-state index in [1.807, 2.05) is 0 Å². The molecule has 0 radical (unpaired) electrons. The highest BCUT2D eigenvalue weighted by atomic mass is 16.6. The summed E-state index contributed by atoms with van der Waals surface area (Å²) in [7, 11) is 0. The summed E-state index contributed by atoms with van der Waals surface area (Å²) in [4.78, 5) is 11.8. The van der Waals surface area contributed by atoms with Crippen molar-refractivity contribution in [3.63, 3.8) is 0 Å². The maximum absolute atomic E-state index is 11.8. The molecule has 2 aliphatic heterocycles. The van der Waals surface area contributed by atoms with Gasteiger partial charge in [0, 0.05) is 24.0 Å². The molecule has 4 nitrogen and oxygen atoms in total. The number of ether oxygens (including phenoxy) is 2. The van der Waals surface area contributed by atoms with Crippen LogP contribution in [0.15, 0.2) is 12.2 Å². The Labute approximate surface area is 112 Å². The van der Waals surface area contributed by atoms with Crippen LogP contribution in [-0.2, 0) is 14.3 Å². The van der Waals surface area contributed by atoms with E-state index in [1.54, 1.807) is 0 Å². The summed E-state index contributed by atoms with van der Waals surface area (Å²) in [5, 5.41) is 9.64. The first-order valence-corrected chi connectivity index (χ1v) is 7.31. The van der Waals surface area contributed by atoms with Crippen LogP contribution in [0.2, 0.25) is 0 Å². The quantitative estimate of drug-likeness (QED) is 0.440. The second-order valence-corrected chi connectivity index (χ2v) is 6.60. The molecule has 4 rings (SSSR count). The van der Waals surface area contributed by atoms with Crippen LogP contribution in [0.3, 0.4) is 0 Å². The molecular weight excluding hydrogens is 244 g/mol. The van der Waals surface area contributed by atoms with Gasteiger partial charge < -0.3 is 14.6 Å². The fourth-order valence-corrected chi connectivity index (χ4v) is 4.78. The Bertz CT molecular complexity index is 439. The van der Waals surface area contributed by atoms with Crippen molar-refractivity contribution >= 4 is 5.97 Å². The van der Waals surface area contributed by atoms with Gasteiger partial charge >= 0.3 is 5.97 Å². The van der Waals surface area contributed by atoms with Gasteiger partial charge in [0.1, 0.15) is 6.10 Å². The number of aliphatic hydroxyl groups excluding tert-OH is 1. The highest BCUT2D eigenvalue weighted by molar-refractivity contribution is 5.90. The molecule has 0 aromatic rings. The van der Waals surface area contributed by atoms with E-state index in [0.717, 1.165) is 32.3 Å². The number of aliphatic hydroxyl groups is 1. The first-order valence-electron chi connectivity index (χ1n) is 7.31. The largest absolute Gasteiger partial charge is 0.458 e. The molecule has 1 N–H and O–H groups in total. The minimum Gasteiger partial charge on any atom is -0.458 e. The molecule has 104 valence electrons. The zero-order valence-corrected chi connectivity index (χ0v) is 11.0. The minimum atomic E-state index is -0.231. The van der Waals surface area contributed by atoms with Gasteiger partial charge in [-0.05, 0) is 37.5 Å². The monoisotopic (exact) mass is 264 g/mol. The van der Waals surface area contributed by atoms with Crippen molar-refractivity contribution in [1.82, 2.24) is 0 Å². The number of esters is 1. The van der Waals surface area contributed by atoms with E-state index in [2.05, 4.69) is 6.58 Å². The first-order chi connectivity index (χ1) is 9.16. The van der Waals surface area contributed by atoms with Gasteiger partial charge in [-0.3, -0.25) is 0 Å². The third-order valence-electron chi connectivity index (χ3n) is 5.89. The summed E-state index contributed by atoms with van der Waals surface area (Å²) < 4.78 is 11.4. The number of hydrogen-bond donors (Lipinski definition) is 1. The van der Waals surface area contributed by atoms with Crippen molar-refractivity contribution < 1.29 is 19.4 Å². The molecule has 19 heavy (non-hydrogen) atoms. The van der Waals surface area contributed by atoms with Crippen molar-refractivity contribution in [1.29, 1.82) is 0 Å². The molecule has 4 fully saturated rings. The Kier molecular flexibility index (Phi) is 2.40. The Hall–Kier alpha value is -0.870. The van der Waals surface area contributed by atoms with Crippen LogP contribution in [0.1, 0.15) is 25.7 Å². The van der Waals surface area contributed by atoms with Gasteiger partial charge in [-0.25, -0.2) is 4.79 Å². The Balaban J connectivity index is 1.73. The summed E-state index contributed by atoms with van der Waals surface area (Å²) in [6.07, 6.45) is 3.96. The van der Waals surface area contributed by atoms with Crippen molar-refractivity contribution in [3.8, 4) is 0 Å². The van der Waals surface area contributed by atoms with E-state index < -0.39 is 0 Å². The standard InChI is InChI=1S/C15H20O4/c1-8-10-4-5-15(7-18-15)11-3-2-9(6-16)12(11)13(10)19-14(8)17/h9-13,16H,1-7H2/t9-,10-,11+,12-,13-,15-/m0/s1. The van der Waals surface area contributed by atoms with Crippen LogP contribution < -0.4 is 0 Å². The number of fused-ring (bicyclic) bond motifs is 4. The average Bonchev–Trinajstić information content (AvgIpc) is 3.01. The number of carbonyl (C=O) groups is 1. The molecular formula is C15H20O4. The van der Waals surface area contributed by atoms with Crippen LogP contribution in [0.4, 0.5) is 0 Å². The fraction of sp³-hybridized carbons (Fsp3) is 0.800. The Morgan fingerprint density at radius 1 is 1.37 bits per heavy atom. The zero-order valence-electron chi connectivity index (χ0n) is 11.0. The van der Waals surface area contributed by atoms with Crippen LogP contribution in [0.25, 0.3) is 0 Å². The Morgan fingerprint density at radius 2 is 2.16 bits per heavy atom. The molecule has 0 aromatic carbocycles. The van der Waals surface area contributed by atoms with Gasteiger partial charge in [-0.2, -0.15) is 0 Å². The third kappa shape index (κ3) is 1.50. The lowest BCUT2D eigenvalue weighted by atomic mass is 9.77. The summed E-state index contributed by atoms with van der Waals surface area (Å²) in [6, 6.07) is 0. The maximum atomic E-state index is 11.8. The Morgan fingerprint density at radius 3 is 2.84 bits per heavy atom. The third-order valence-corrected chi connectivity index (χ3v) is 5.89. The molecule has 2 saturated heterocycles. The smallest absolute Gasteiger partial charge is 0.334 e. The SMILES string of the molecule is C=C1C(=O)O[C@@H]2[C@H]3[C@H](CO)CC[C@H]3[C@]3(CC[C@@H]12)CO3. The van der Waals surface area contributed by atoms with Gasteiger partial charge in [-0.1, -0.05) is 6.58 Å². The number of epoxide rings is 1. The fourth-order valence-electron chi connectivity index (χ4n) is 4.78. The van der Waals surface area contributed by atoms with Crippen LogP contribution in [0, 0.1) is 23.7 Å². The molecule has 1 spiro atoms. The van der Waals surface area contributed by atoms with E-state index in [1.165, 1.54) is 0 Å². The summed E-state index contributed by atoms with van der Waals surface area (Å²) in [5.41, 5.74) is 0.649. The summed E-state index contributed by atoms with van der Waals surface area (Å²) in [5.74, 6) is 0.845. The molecule has 2 heterocycles. The average molecular weight is 264 g/mol. The number of hydrogen-bond acceptors (Lipinski definition) is 4. The first kappa shape index (κ1) is 11.9. The van der Waals surface area contributed by atoms with E-state index >= 15 is 0 Å². The molecule has 0 amide bonds. The number of carbonyl (C=O) groups excluding carboxylic acids is 1. The van der Waals surface area contributed by atoms with Crippen LogP contribution >= 0.6 is 0 Å². The van der Waals surface area contributed by atoms with Crippen LogP contribution in [-0.4, -0.2) is 36.0 Å². The lowest BCUT2D eigenvalue weighted by Crippen LogP contribution is -2.37. The zero-order chi connectivity index (χ0) is 13.2. The van der Waals surface area contributed by atoms with E-state index in [-0.39, 0.29) is 42.0 Å². The second-order valence-electron chi connectivity index (χ2n) is 6.60. The second kappa shape index (κ2) is 3.83. The van der Waals surface area contributed by atoms with Gasteiger partial charge in [-0.15, -0.1) is 0 Å². The van der Waals surface area contributed by atoms with Gasteiger partial charge in [0.25, 0.3) is 0 Å².